The van der Waals surface area contributed by atoms with Gasteiger partial charge in [-0.1, -0.05) is 32.6 Å². The molecule has 0 unspecified atom stereocenters. The van der Waals surface area contributed by atoms with Gasteiger partial charge >= 0.3 is 0 Å². The number of anilines is 1. The fourth-order valence-electron chi connectivity index (χ4n) is 3.25. The first kappa shape index (κ1) is 25.3. The fraction of sp³-hybridized carbons (Fsp3) is 0.320. The molecule has 5 nitrogen and oxygen atoms in total. The van der Waals surface area contributed by atoms with Gasteiger partial charge in [-0.2, -0.15) is 12.6 Å². The second-order valence-electron chi connectivity index (χ2n) is 7.57. The van der Waals surface area contributed by atoms with Crippen LogP contribution in [0.3, 0.4) is 0 Å². The summed E-state index contributed by atoms with van der Waals surface area (Å²) in [6, 6.07) is 9.19. The van der Waals surface area contributed by atoms with E-state index in [1.54, 1.807) is 18.3 Å². The first-order valence-corrected chi connectivity index (χ1v) is 11.3. The van der Waals surface area contributed by atoms with E-state index in [1.807, 2.05) is 25.2 Å². The lowest BCUT2D eigenvalue weighted by Gasteiger charge is -2.12. The van der Waals surface area contributed by atoms with Crippen molar-refractivity contribution in [1.82, 2.24) is 10.3 Å². The number of aromatic nitrogens is 1. The molecule has 7 heteroatoms. The van der Waals surface area contributed by atoms with Crippen LogP contribution in [0.25, 0.3) is 12.3 Å². The molecule has 2 aromatic rings. The molecule has 32 heavy (non-hydrogen) atoms. The number of benzene rings is 1. The van der Waals surface area contributed by atoms with Gasteiger partial charge in [-0.15, -0.1) is 0 Å². The van der Waals surface area contributed by atoms with E-state index in [-0.39, 0.29) is 11.6 Å². The molecular weight excluding hydrogens is 421 g/mol. The Morgan fingerprint density at radius 3 is 2.62 bits per heavy atom. The summed E-state index contributed by atoms with van der Waals surface area (Å²) in [5.41, 5.74) is 2.66. The molecule has 0 aliphatic rings. The van der Waals surface area contributed by atoms with E-state index in [0.717, 1.165) is 53.2 Å². The first-order valence-electron chi connectivity index (χ1n) is 10.6. The number of unbranched alkanes of at least 4 members (excludes halogenated alkanes) is 1. The van der Waals surface area contributed by atoms with Gasteiger partial charge in [0.2, 0.25) is 0 Å². The molecule has 1 aromatic heterocycles. The Labute approximate surface area is 195 Å². The third-order valence-corrected chi connectivity index (χ3v) is 5.16. The molecule has 0 bridgehead atoms. The van der Waals surface area contributed by atoms with Gasteiger partial charge in [0.1, 0.15) is 5.71 Å². The Morgan fingerprint density at radius 2 is 2.03 bits per heavy atom. The van der Waals surface area contributed by atoms with Gasteiger partial charge in [-0.05, 0) is 54.6 Å². The number of halogens is 1. The van der Waals surface area contributed by atoms with Crippen molar-refractivity contribution in [2.75, 3.05) is 24.7 Å². The second kappa shape index (κ2) is 12.8. The lowest BCUT2D eigenvalue weighted by Crippen LogP contribution is -2.33. The highest BCUT2D eigenvalue weighted by Gasteiger charge is 2.12. The normalized spacial score (nSPS) is 13.2. The Balaban J connectivity index is 2.48. The SMILES string of the molecule is C=N/C=C(F)\C(=N/c1ccc(NCCCCS)cn1)c1ccc(=C)/c(=C(\NC)C(C)C)c1. The second-order valence-corrected chi connectivity index (χ2v) is 8.02. The minimum Gasteiger partial charge on any atom is -0.391 e. The molecule has 0 fully saturated rings. The van der Waals surface area contributed by atoms with Gasteiger partial charge in [0.15, 0.2) is 11.6 Å². The van der Waals surface area contributed by atoms with Crippen LogP contribution in [-0.4, -0.2) is 36.8 Å². The van der Waals surface area contributed by atoms with E-state index in [9.17, 15) is 4.39 Å². The molecule has 2 rings (SSSR count). The van der Waals surface area contributed by atoms with E-state index in [0.29, 0.717) is 11.4 Å². The van der Waals surface area contributed by atoms with E-state index in [1.165, 1.54) is 0 Å². The maximum Gasteiger partial charge on any atom is 0.167 e. The lowest BCUT2D eigenvalue weighted by atomic mass is 10.0. The summed E-state index contributed by atoms with van der Waals surface area (Å²) >= 11 is 4.22. The molecule has 0 saturated heterocycles. The predicted octanol–water partition coefficient (Wildman–Crippen LogP) is 4.23. The predicted molar refractivity (Wildman–Crippen MR) is 139 cm³/mol. The van der Waals surface area contributed by atoms with Crippen LogP contribution in [0.1, 0.15) is 32.3 Å². The van der Waals surface area contributed by atoms with Crippen molar-refractivity contribution in [2.24, 2.45) is 15.9 Å². The Morgan fingerprint density at radius 1 is 1.25 bits per heavy atom. The zero-order valence-electron chi connectivity index (χ0n) is 19.0. The van der Waals surface area contributed by atoms with Crippen molar-refractivity contribution in [2.45, 2.75) is 26.7 Å². The highest BCUT2D eigenvalue weighted by molar-refractivity contribution is 7.80. The largest absolute Gasteiger partial charge is 0.391 e. The summed E-state index contributed by atoms with van der Waals surface area (Å²) in [4.78, 5) is 12.4. The van der Waals surface area contributed by atoms with Crippen molar-refractivity contribution in [1.29, 1.82) is 0 Å². The number of rotatable bonds is 11. The van der Waals surface area contributed by atoms with Gasteiger partial charge in [0.25, 0.3) is 0 Å². The molecule has 0 spiro atoms. The lowest BCUT2D eigenvalue weighted by molar-refractivity contribution is 0.678. The summed E-state index contributed by atoms with van der Waals surface area (Å²) in [5.74, 6) is 0.932. The highest BCUT2D eigenvalue weighted by Crippen LogP contribution is 2.18. The third-order valence-electron chi connectivity index (χ3n) is 4.84. The molecule has 170 valence electrons. The van der Waals surface area contributed by atoms with Gasteiger partial charge in [-0.25, -0.2) is 14.4 Å². The number of thiol groups is 1. The molecule has 1 aromatic carbocycles. The van der Waals surface area contributed by atoms with Crippen molar-refractivity contribution < 1.29 is 4.39 Å². The quantitative estimate of drug-likeness (QED) is 0.271. The number of hydrogen-bond acceptors (Lipinski definition) is 6. The monoisotopic (exact) mass is 453 g/mol. The topological polar surface area (TPSA) is 61.7 Å². The third kappa shape index (κ3) is 7.05. The Kier molecular flexibility index (Phi) is 10.1. The van der Waals surface area contributed by atoms with Crippen LogP contribution in [0.4, 0.5) is 15.9 Å². The fourth-order valence-corrected chi connectivity index (χ4v) is 3.47. The molecule has 1 heterocycles. The van der Waals surface area contributed by atoms with Crippen LogP contribution in [0.5, 0.6) is 0 Å². The number of allylic oxidation sites excluding steroid dienone is 1. The van der Waals surface area contributed by atoms with Crippen molar-refractivity contribution >= 4 is 48.8 Å². The van der Waals surface area contributed by atoms with Crippen LogP contribution < -0.4 is 21.1 Å². The Hall–Kier alpha value is -2.93. The van der Waals surface area contributed by atoms with Crippen LogP contribution in [-0.2, 0) is 0 Å². The van der Waals surface area contributed by atoms with Crippen molar-refractivity contribution in [3.63, 3.8) is 0 Å². The first-order chi connectivity index (χ1) is 15.4. The number of nitrogens with zero attached hydrogens (tertiary/aromatic N) is 3. The van der Waals surface area contributed by atoms with Gasteiger partial charge in [-0.3, -0.25) is 4.99 Å². The Bertz CT molecular complexity index is 1070. The average molecular weight is 454 g/mol. The minimum atomic E-state index is -0.589. The molecular formula is C25H32FN5S. The average Bonchev–Trinajstić information content (AvgIpc) is 2.78. The molecule has 0 saturated carbocycles. The highest BCUT2D eigenvalue weighted by atomic mass is 32.1. The standard InChI is InChI=1S/C25H32FN5S/c1-17(2)24(28-5)21-14-19(9-8-18(21)3)25(22(26)16-27-4)31-23-11-10-20(15-30-23)29-12-6-7-13-32/h8-11,14-17,28-29,32H,3-4,6-7,12-13H2,1-2,5H3/b22-16+,24-21-,31-25-. The van der Waals surface area contributed by atoms with Crippen molar-refractivity contribution in [3.05, 3.63) is 64.6 Å². The zero-order valence-corrected chi connectivity index (χ0v) is 19.9. The zero-order chi connectivity index (χ0) is 23.5. The van der Waals surface area contributed by atoms with Crippen LogP contribution in [0.15, 0.2) is 58.5 Å². The molecule has 0 atom stereocenters. The molecule has 0 aliphatic carbocycles. The van der Waals surface area contributed by atoms with Gasteiger partial charge in [0, 0.05) is 30.1 Å². The van der Waals surface area contributed by atoms with Gasteiger partial charge in [0.05, 0.1) is 18.1 Å². The summed E-state index contributed by atoms with van der Waals surface area (Å²) < 4.78 is 14.9. The summed E-state index contributed by atoms with van der Waals surface area (Å²) in [6.45, 7) is 12.5. The number of hydrogen-bond donors (Lipinski definition) is 3. The number of nitrogens with one attached hydrogen (secondary N) is 2. The summed E-state index contributed by atoms with van der Waals surface area (Å²) in [7, 11) is 1.87. The smallest absolute Gasteiger partial charge is 0.167 e. The van der Waals surface area contributed by atoms with Crippen molar-refractivity contribution in [3.8, 4) is 0 Å². The van der Waals surface area contributed by atoms with Crippen LogP contribution >= 0.6 is 12.6 Å². The maximum atomic E-state index is 14.9. The molecule has 2 N–H and O–H groups in total. The molecule has 0 amide bonds. The number of pyridine rings is 1. The van der Waals surface area contributed by atoms with Crippen LogP contribution in [0.2, 0.25) is 0 Å². The molecule has 0 aliphatic heterocycles. The van der Waals surface area contributed by atoms with E-state index >= 15 is 0 Å². The number of aliphatic imine (C=N–C) groups is 2. The minimum absolute atomic E-state index is 0.139. The van der Waals surface area contributed by atoms with E-state index in [2.05, 4.69) is 65.4 Å². The summed E-state index contributed by atoms with van der Waals surface area (Å²) in [5, 5.41) is 8.31. The van der Waals surface area contributed by atoms with E-state index in [4.69, 9.17) is 0 Å². The maximum absolute atomic E-state index is 14.9. The van der Waals surface area contributed by atoms with Gasteiger partial charge < -0.3 is 10.6 Å². The summed E-state index contributed by atoms with van der Waals surface area (Å²) in [6.07, 6.45) is 4.83. The van der Waals surface area contributed by atoms with Crippen LogP contribution in [0, 0.1) is 5.92 Å². The van der Waals surface area contributed by atoms with E-state index < -0.39 is 5.83 Å². The molecule has 0 radical (unpaired) electrons.